The van der Waals surface area contributed by atoms with E-state index < -0.39 is 5.97 Å². The van der Waals surface area contributed by atoms with Crippen LogP contribution in [0.4, 0.5) is 11.5 Å². The first-order valence-electron chi connectivity index (χ1n) is 7.19. The predicted molar refractivity (Wildman–Crippen MR) is 87.3 cm³/mol. The minimum Gasteiger partial charge on any atom is -0.465 e. The van der Waals surface area contributed by atoms with Gasteiger partial charge in [0.1, 0.15) is 11.5 Å². The molecule has 126 valence electrons. The van der Waals surface area contributed by atoms with Crippen LogP contribution >= 0.6 is 0 Å². The van der Waals surface area contributed by atoms with Gasteiger partial charge in [-0.15, -0.1) is 0 Å². The van der Waals surface area contributed by atoms with E-state index in [1.165, 1.54) is 19.5 Å². The molecule has 0 unspecified atom stereocenters. The van der Waals surface area contributed by atoms with Crippen LogP contribution in [0.1, 0.15) is 20.8 Å². The highest BCUT2D eigenvalue weighted by Crippen LogP contribution is 2.19. The third-order valence-corrected chi connectivity index (χ3v) is 3.07. The molecule has 1 heterocycles. The number of hydrogen-bond acceptors (Lipinski definition) is 7. The summed E-state index contributed by atoms with van der Waals surface area (Å²) in [5, 5.41) is 5.63. The van der Waals surface area contributed by atoms with Gasteiger partial charge in [0.15, 0.2) is 0 Å². The Morgan fingerprint density at radius 1 is 1.12 bits per heavy atom. The maximum absolute atomic E-state index is 11.8. The van der Waals surface area contributed by atoms with Gasteiger partial charge in [-0.25, -0.2) is 14.8 Å². The van der Waals surface area contributed by atoms with Crippen molar-refractivity contribution in [3.05, 3.63) is 47.9 Å². The number of para-hydroxylation sites is 1. The summed E-state index contributed by atoms with van der Waals surface area (Å²) in [4.78, 5) is 31.7. The van der Waals surface area contributed by atoms with Gasteiger partial charge in [-0.05, 0) is 12.1 Å². The van der Waals surface area contributed by atoms with Gasteiger partial charge in [-0.3, -0.25) is 4.79 Å². The van der Waals surface area contributed by atoms with Gasteiger partial charge < -0.3 is 20.1 Å². The van der Waals surface area contributed by atoms with E-state index in [9.17, 15) is 9.59 Å². The molecule has 0 saturated heterocycles. The van der Waals surface area contributed by atoms with Gasteiger partial charge in [0.2, 0.25) is 0 Å². The maximum Gasteiger partial charge on any atom is 0.339 e. The van der Waals surface area contributed by atoms with Crippen molar-refractivity contribution in [2.75, 3.05) is 32.7 Å². The predicted octanol–water partition coefficient (Wildman–Crippen LogP) is 1.38. The van der Waals surface area contributed by atoms with Crippen molar-refractivity contribution >= 4 is 23.4 Å². The normalized spacial score (nSPS) is 10.1. The summed E-state index contributed by atoms with van der Waals surface area (Å²) >= 11 is 0. The Labute approximate surface area is 139 Å². The van der Waals surface area contributed by atoms with Crippen LogP contribution in [0.3, 0.4) is 0 Å². The van der Waals surface area contributed by atoms with Crippen LogP contribution in [0.25, 0.3) is 0 Å². The summed E-state index contributed by atoms with van der Waals surface area (Å²) in [5.41, 5.74) is 1.11. The second-order valence-electron chi connectivity index (χ2n) is 4.70. The van der Waals surface area contributed by atoms with E-state index in [4.69, 9.17) is 9.47 Å². The molecule has 1 aromatic carbocycles. The lowest BCUT2D eigenvalue weighted by Crippen LogP contribution is -2.27. The molecule has 1 amide bonds. The van der Waals surface area contributed by atoms with E-state index >= 15 is 0 Å². The first-order chi connectivity index (χ1) is 11.7. The molecule has 8 heteroatoms. The lowest BCUT2D eigenvalue weighted by Gasteiger charge is -2.10. The van der Waals surface area contributed by atoms with Crippen molar-refractivity contribution in [1.29, 1.82) is 0 Å². The Hall–Kier alpha value is -3.00. The molecule has 1 aromatic heterocycles. The fourth-order valence-electron chi connectivity index (χ4n) is 1.89. The smallest absolute Gasteiger partial charge is 0.339 e. The number of nitrogens with zero attached hydrogens (tertiary/aromatic N) is 2. The molecule has 0 atom stereocenters. The van der Waals surface area contributed by atoms with E-state index in [0.29, 0.717) is 30.2 Å². The molecule has 2 N–H and O–H groups in total. The van der Waals surface area contributed by atoms with E-state index in [1.54, 1.807) is 31.4 Å². The summed E-state index contributed by atoms with van der Waals surface area (Å²) in [5.74, 6) is -0.388. The van der Waals surface area contributed by atoms with Crippen LogP contribution in [0.15, 0.2) is 36.7 Å². The Morgan fingerprint density at radius 3 is 2.58 bits per heavy atom. The van der Waals surface area contributed by atoms with E-state index in [2.05, 4.69) is 20.6 Å². The highest BCUT2D eigenvalue weighted by molar-refractivity contribution is 5.96. The second kappa shape index (κ2) is 8.59. The van der Waals surface area contributed by atoms with Crippen LogP contribution in [0.2, 0.25) is 0 Å². The van der Waals surface area contributed by atoms with Crippen LogP contribution < -0.4 is 10.6 Å². The molecule has 0 aliphatic heterocycles. The fourth-order valence-corrected chi connectivity index (χ4v) is 1.89. The minimum atomic E-state index is -0.458. The first kappa shape index (κ1) is 17.4. The topological polar surface area (TPSA) is 102 Å². The molecule has 0 saturated carbocycles. The average molecular weight is 330 g/mol. The molecule has 0 radical (unpaired) electrons. The van der Waals surface area contributed by atoms with Gasteiger partial charge in [-0.1, -0.05) is 12.1 Å². The minimum absolute atomic E-state index is 0.193. The Balaban J connectivity index is 2.07. The zero-order chi connectivity index (χ0) is 17.4. The lowest BCUT2D eigenvalue weighted by molar-refractivity contribution is 0.0601. The third kappa shape index (κ3) is 4.50. The van der Waals surface area contributed by atoms with Crippen molar-refractivity contribution < 1.29 is 19.1 Å². The van der Waals surface area contributed by atoms with E-state index in [-0.39, 0.29) is 11.6 Å². The standard InChI is InChI=1S/C16H18N4O4/c1-23-8-7-17-15(21)13-9-19-14(10-18-13)20-12-6-4-3-5-11(12)16(22)24-2/h3-6,9-10H,7-8H2,1-2H3,(H,17,21)(H,19,20). The van der Waals surface area contributed by atoms with E-state index in [0.717, 1.165) is 0 Å². The summed E-state index contributed by atoms with van der Waals surface area (Å²) in [6.45, 7) is 0.812. The largest absolute Gasteiger partial charge is 0.465 e. The molecule has 0 spiro atoms. The molecule has 0 fully saturated rings. The molecule has 0 aliphatic carbocycles. The summed E-state index contributed by atoms with van der Waals surface area (Å²) in [7, 11) is 2.87. The highest BCUT2D eigenvalue weighted by Gasteiger charge is 2.12. The van der Waals surface area contributed by atoms with Crippen LogP contribution in [0, 0.1) is 0 Å². The van der Waals surface area contributed by atoms with Crippen molar-refractivity contribution in [3.8, 4) is 0 Å². The van der Waals surface area contributed by atoms with Gasteiger partial charge in [0.05, 0.1) is 37.4 Å². The molecular weight excluding hydrogens is 312 g/mol. The Kier molecular flexibility index (Phi) is 6.21. The number of rotatable bonds is 7. The van der Waals surface area contributed by atoms with Crippen molar-refractivity contribution in [1.82, 2.24) is 15.3 Å². The van der Waals surface area contributed by atoms with Crippen LogP contribution in [0.5, 0.6) is 0 Å². The third-order valence-electron chi connectivity index (χ3n) is 3.07. The van der Waals surface area contributed by atoms with Crippen LogP contribution in [-0.2, 0) is 9.47 Å². The number of nitrogens with one attached hydrogen (secondary N) is 2. The monoisotopic (exact) mass is 330 g/mol. The number of methoxy groups -OCH3 is 2. The second-order valence-corrected chi connectivity index (χ2v) is 4.70. The van der Waals surface area contributed by atoms with Crippen molar-refractivity contribution in [2.24, 2.45) is 0 Å². The molecule has 8 nitrogen and oxygen atoms in total. The number of carbonyl (C=O) groups excluding carboxylic acids is 2. The highest BCUT2D eigenvalue weighted by atomic mass is 16.5. The number of hydrogen-bond donors (Lipinski definition) is 2. The Bertz CT molecular complexity index is 703. The average Bonchev–Trinajstić information content (AvgIpc) is 2.62. The van der Waals surface area contributed by atoms with Crippen molar-refractivity contribution in [3.63, 3.8) is 0 Å². The van der Waals surface area contributed by atoms with E-state index in [1.807, 2.05) is 0 Å². The zero-order valence-electron chi connectivity index (χ0n) is 13.4. The molecule has 24 heavy (non-hydrogen) atoms. The number of carbonyl (C=O) groups is 2. The molecule has 0 aliphatic rings. The van der Waals surface area contributed by atoms with Gasteiger partial charge in [0, 0.05) is 13.7 Å². The summed E-state index contributed by atoms with van der Waals surface area (Å²) < 4.78 is 9.59. The van der Waals surface area contributed by atoms with Gasteiger partial charge in [0.25, 0.3) is 5.91 Å². The van der Waals surface area contributed by atoms with Gasteiger partial charge >= 0.3 is 5.97 Å². The number of ether oxygens (including phenoxy) is 2. The number of esters is 1. The Morgan fingerprint density at radius 2 is 1.92 bits per heavy atom. The summed E-state index contributed by atoms with van der Waals surface area (Å²) in [6.07, 6.45) is 2.77. The van der Waals surface area contributed by atoms with Crippen molar-refractivity contribution in [2.45, 2.75) is 0 Å². The molecule has 0 bridgehead atoms. The lowest BCUT2D eigenvalue weighted by atomic mass is 10.2. The maximum atomic E-state index is 11.8. The number of aromatic nitrogens is 2. The number of amides is 1. The molecule has 2 aromatic rings. The SMILES string of the molecule is COCCNC(=O)c1cnc(Nc2ccccc2C(=O)OC)cn1. The first-order valence-corrected chi connectivity index (χ1v) is 7.19. The van der Waals surface area contributed by atoms with Crippen LogP contribution in [-0.4, -0.2) is 49.2 Å². The fraction of sp³-hybridized carbons (Fsp3) is 0.250. The zero-order valence-corrected chi connectivity index (χ0v) is 13.4. The molecule has 2 rings (SSSR count). The van der Waals surface area contributed by atoms with Gasteiger partial charge in [-0.2, -0.15) is 0 Å². The quantitative estimate of drug-likeness (QED) is 0.584. The number of benzene rings is 1. The molecular formula is C16H18N4O4. The number of anilines is 2. The summed E-state index contributed by atoms with van der Waals surface area (Å²) in [6, 6.07) is 6.87.